The van der Waals surface area contributed by atoms with Crippen molar-refractivity contribution < 1.29 is 23.0 Å². The van der Waals surface area contributed by atoms with Gasteiger partial charge in [0.15, 0.2) is 5.78 Å². The Kier molecular flexibility index (Phi) is 4.21. The number of hydrogen-bond donors (Lipinski definition) is 0. The first kappa shape index (κ1) is 15.0. The van der Waals surface area contributed by atoms with E-state index in [9.17, 15) is 13.6 Å². The van der Waals surface area contributed by atoms with Crippen LogP contribution in [0.4, 0.5) is 8.78 Å². The molecule has 110 valence electrons. The van der Waals surface area contributed by atoms with Gasteiger partial charge in [-0.15, -0.1) is 0 Å². The number of rotatable bonds is 4. The Morgan fingerprint density at radius 1 is 1.00 bits per heavy atom. The van der Waals surface area contributed by atoms with E-state index in [1.54, 1.807) is 6.07 Å². The third-order valence-electron chi connectivity index (χ3n) is 3.15. The minimum absolute atomic E-state index is 0.0167. The average Bonchev–Trinajstić information content (AvgIpc) is 2.46. The zero-order chi connectivity index (χ0) is 15.6. The van der Waals surface area contributed by atoms with E-state index in [0.717, 1.165) is 17.7 Å². The van der Waals surface area contributed by atoms with Gasteiger partial charge in [-0.25, -0.2) is 8.78 Å². The number of carbonyl (C=O) groups is 1. The SMILES string of the molecule is COc1cc(F)c(C(=O)c2ccc(C)c(OC)c2)c(F)c1. The number of ether oxygens (including phenoxy) is 2. The molecule has 0 bridgehead atoms. The van der Waals surface area contributed by atoms with Crippen LogP contribution in [-0.2, 0) is 0 Å². The normalized spacial score (nSPS) is 10.3. The van der Waals surface area contributed by atoms with Crippen molar-refractivity contribution >= 4 is 5.78 Å². The third kappa shape index (κ3) is 2.86. The summed E-state index contributed by atoms with van der Waals surface area (Å²) >= 11 is 0. The fraction of sp³-hybridized carbons (Fsp3) is 0.188. The number of hydrogen-bond acceptors (Lipinski definition) is 3. The van der Waals surface area contributed by atoms with Crippen molar-refractivity contribution in [2.75, 3.05) is 14.2 Å². The topological polar surface area (TPSA) is 35.5 Å². The van der Waals surface area contributed by atoms with Gasteiger partial charge in [-0.05, 0) is 18.6 Å². The first-order valence-corrected chi connectivity index (χ1v) is 6.20. The molecular formula is C16H14F2O3. The lowest BCUT2D eigenvalue weighted by molar-refractivity contribution is 0.103. The van der Waals surface area contributed by atoms with Crippen LogP contribution in [0.1, 0.15) is 21.5 Å². The Labute approximate surface area is 121 Å². The first-order valence-electron chi connectivity index (χ1n) is 6.20. The summed E-state index contributed by atoms with van der Waals surface area (Å²) in [7, 11) is 2.76. The number of methoxy groups -OCH3 is 2. The molecule has 0 unspecified atom stereocenters. The molecule has 0 saturated carbocycles. The minimum atomic E-state index is -0.962. The summed E-state index contributed by atoms with van der Waals surface area (Å²) in [5.74, 6) is -2.17. The van der Waals surface area contributed by atoms with Crippen LogP contribution in [0, 0.1) is 18.6 Å². The van der Waals surface area contributed by atoms with Crippen molar-refractivity contribution in [2.24, 2.45) is 0 Å². The second kappa shape index (κ2) is 5.91. The molecule has 0 aliphatic carbocycles. The molecule has 2 rings (SSSR count). The molecular weight excluding hydrogens is 278 g/mol. The summed E-state index contributed by atoms with van der Waals surface area (Å²) in [4.78, 5) is 12.3. The smallest absolute Gasteiger partial charge is 0.199 e. The zero-order valence-electron chi connectivity index (χ0n) is 11.9. The Bertz CT molecular complexity index is 673. The van der Waals surface area contributed by atoms with Gasteiger partial charge in [-0.3, -0.25) is 4.79 Å². The second-order valence-electron chi connectivity index (χ2n) is 4.48. The molecule has 0 fully saturated rings. The van der Waals surface area contributed by atoms with E-state index >= 15 is 0 Å². The summed E-state index contributed by atoms with van der Waals surface area (Å²) in [6.07, 6.45) is 0. The van der Waals surface area contributed by atoms with Gasteiger partial charge in [0.2, 0.25) is 0 Å². The third-order valence-corrected chi connectivity index (χ3v) is 3.15. The van der Waals surface area contributed by atoms with Gasteiger partial charge in [0.1, 0.15) is 23.1 Å². The van der Waals surface area contributed by atoms with Gasteiger partial charge in [-0.2, -0.15) is 0 Å². The fourth-order valence-electron chi connectivity index (χ4n) is 1.99. The van der Waals surface area contributed by atoms with E-state index in [-0.39, 0.29) is 11.3 Å². The van der Waals surface area contributed by atoms with E-state index in [1.807, 2.05) is 6.92 Å². The molecule has 21 heavy (non-hydrogen) atoms. The van der Waals surface area contributed by atoms with Gasteiger partial charge < -0.3 is 9.47 Å². The van der Waals surface area contributed by atoms with Crippen molar-refractivity contribution in [3.8, 4) is 11.5 Å². The molecule has 0 atom stereocenters. The van der Waals surface area contributed by atoms with Gasteiger partial charge in [0.05, 0.1) is 19.8 Å². The highest BCUT2D eigenvalue weighted by atomic mass is 19.1. The van der Waals surface area contributed by atoms with Crippen molar-refractivity contribution in [2.45, 2.75) is 6.92 Å². The van der Waals surface area contributed by atoms with Crippen LogP contribution in [0.15, 0.2) is 30.3 Å². The Morgan fingerprint density at radius 2 is 1.62 bits per heavy atom. The largest absolute Gasteiger partial charge is 0.497 e. The zero-order valence-corrected chi connectivity index (χ0v) is 11.9. The van der Waals surface area contributed by atoms with Gasteiger partial charge in [0.25, 0.3) is 0 Å². The monoisotopic (exact) mass is 292 g/mol. The predicted octanol–water partition coefficient (Wildman–Crippen LogP) is 3.52. The lowest BCUT2D eigenvalue weighted by atomic mass is 10.0. The standard InChI is InChI=1S/C16H14F2O3/c1-9-4-5-10(6-14(9)21-3)16(19)15-12(17)7-11(20-2)8-13(15)18/h4-8H,1-3H3. The van der Waals surface area contributed by atoms with Gasteiger partial charge in [0, 0.05) is 17.7 Å². The highest BCUT2D eigenvalue weighted by molar-refractivity contribution is 6.09. The van der Waals surface area contributed by atoms with Crippen molar-refractivity contribution in [3.63, 3.8) is 0 Å². The summed E-state index contributed by atoms with van der Waals surface area (Å²) in [6, 6.07) is 6.57. The maximum atomic E-state index is 13.9. The molecule has 0 aromatic heterocycles. The molecule has 3 nitrogen and oxygen atoms in total. The maximum Gasteiger partial charge on any atom is 0.199 e. The van der Waals surface area contributed by atoms with Crippen LogP contribution in [0.5, 0.6) is 11.5 Å². The molecule has 0 amide bonds. The molecule has 0 heterocycles. The number of benzene rings is 2. The summed E-state index contributed by atoms with van der Waals surface area (Å²) < 4.78 is 37.7. The number of carbonyl (C=O) groups excluding carboxylic acids is 1. The Balaban J connectivity index is 2.50. The van der Waals surface area contributed by atoms with Crippen LogP contribution in [0.2, 0.25) is 0 Å². The van der Waals surface area contributed by atoms with Crippen LogP contribution < -0.4 is 9.47 Å². The number of halogens is 2. The lowest BCUT2D eigenvalue weighted by Crippen LogP contribution is -2.08. The van der Waals surface area contributed by atoms with Crippen LogP contribution in [-0.4, -0.2) is 20.0 Å². The highest BCUT2D eigenvalue weighted by Gasteiger charge is 2.21. The first-order chi connectivity index (χ1) is 9.97. The van der Waals surface area contributed by atoms with E-state index < -0.39 is 23.0 Å². The molecule has 0 aliphatic heterocycles. The highest BCUT2D eigenvalue weighted by Crippen LogP contribution is 2.25. The quantitative estimate of drug-likeness (QED) is 0.809. The number of ketones is 1. The van der Waals surface area contributed by atoms with E-state index in [1.165, 1.54) is 26.4 Å². The van der Waals surface area contributed by atoms with Crippen molar-refractivity contribution in [1.82, 2.24) is 0 Å². The molecule has 0 N–H and O–H groups in total. The summed E-state index contributed by atoms with van der Waals surface area (Å²) in [5.41, 5.74) is 0.367. The fourth-order valence-corrected chi connectivity index (χ4v) is 1.99. The maximum absolute atomic E-state index is 13.9. The molecule has 0 aliphatic rings. The molecule has 0 radical (unpaired) electrons. The Morgan fingerprint density at radius 3 is 2.14 bits per heavy atom. The minimum Gasteiger partial charge on any atom is -0.497 e. The molecule has 0 saturated heterocycles. The number of aryl methyl sites for hydroxylation is 1. The molecule has 5 heteroatoms. The average molecular weight is 292 g/mol. The molecule has 0 spiro atoms. The second-order valence-corrected chi connectivity index (χ2v) is 4.48. The van der Waals surface area contributed by atoms with E-state index in [0.29, 0.717) is 5.75 Å². The van der Waals surface area contributed by atoms with Crippen molar-refractivity contribution in [1.29, 1.82) is 0 Å². The molecule has 2 aromatic rings. The van der Waals surface area contributed by atoms with Crippen LogP contribution in [0.3, 0.4) is 0 Å². The van der Waals surface area contributed by atoms with Gasteiger partial charge in [-0.1, -0.05) is 12.1 Å². The lowest BCUT2D eigenvalue weighted by Gasteiger charge is -2.09. The summed E-state index contributed by atoms with van der Waals surface area (Å²) in [5, 5.41) is 0. The van der Waals surface area contributed by atoms with Gasteiger partial charge >= 0.3 is 0 Å². The molecule has 2 aromatic carbocycles. The van der Waals surface area contributed by atoms with Crippen LogP contribution in [0.25, 0.3) is 0 Å². The Hall–Kier alpha value is -2.43. The van der Waals surface area contributed by atoms with E-state index in [2.05, 4.69) is 0 Å². The van der Waals surface area contributed by atoms with Crippen molar-refractivity contribution in [3.05, 3.63) is 58.7 Å². The van der Waals surface area contributed by atoms with E-state index in [4.69, 9.17) is 9.47 Å². The predicted molar refractivity (Wildman–Crippen MR) is 74.1 cm³/mol. The summed E-state index contributed by atoms with van der Waals surface area (Å²) in [6.45, 7) is 1.81. The van der Waals surface area contributed by atoms with Crippen LogP contribution >= 0.6 is 0 Å².